The highest BCUT2D eigenvalue weighted by molar-refractivity contribution is 5.31. The average molecular weight is 255 g/mol. The average Bonchev–Trinajstić information content (AvgIpc) is 2.28. The quantitative estimate of drug-likeness (QED) is 0.821. The summed E-state index contributed by atoms with van der Waals surface area (Å²) in [5.41, 5.74) is 0.964. The summed E-state index contributed by atoms with van der Waals surface area (Å²) >= 11 is 0. The molecule has 0 radical (unpaired) electrons. The summed E-state index contributed by atoms with van der Waals surface area (Å²) in [6.45, 7) is 5.79. The van der Waals surface area contributed by atoms with Crippen LogP contribution in [0.1, 0.15) is 38.8 Å². The van der Waals surface area contributed by atoms with E-state index in [1.165, 1.54) is 13.2 Å². The van der Waals surface area contributed by atoms with Gasteiger partial charge >= 0.3 is 0 Å². The lowest BCUT2D eigenvalue weighted by atomic mass is 10.1. The van der Waals surface area contributed by atoms with Gasteiger partial charge in [-0.25, -0.2) is 4.39 Å². The van der Waals surface area contributed by atoms with Gasteiger partial charge in [0, 0.05) is 12.1 Å². The number of halogens is 1. The molecule has 4 heteroatoms. The monoisotopic (exact) mass is 255 g/mol. The molecule has 0 spiro atoms. The van der Waals surface area contributed by atoms with Crippen LogP contribution in [0.3, 0.4) is 0 Å². The minimum atomic E-state index is -0.356. The molecule has 0 aromatic heterocycles. The first kappa shape index (κ1) is 14.9. The summed E-state index contributed by atoms with van der Waals surface area (Å²) in [5.74, 6) is -0.102. The van der Waals surface area contributed by atoms with Gasteiger partial charge in [-0.3, -0.25) is 0 Å². The maximum Gasteiger partial charge on any atom is 0.165 e. The van der Waals surface area contributed by atoms with Crippen molar-refractivity contribution in [1.29, 1.82) is 0 Å². The molecule has 18 heavy (non-hydrogen) atoms. The second kappa shape index (κ2) is 6.71. The number of aliphatic hydroxyl groups is 1. The van der Waals surface area contributed by atoms with E-state index in [4.69, 9.17) is 4.74 Å². The third-order valence-electron chi connectivity index (χ3n) is 2.90. The van der Waals surface area contributed by atoms with Crippen molar-refractivity contribution in [3.63, 3.8) is 0 Å². The lowest BCUT2D eigenvalue weighted by Crippen LogP contribution is -2.31. The first-order valence-corrected chi connectivity index (χ1v) is 6.21. The summed E-state index contributed by atoms with van der Waals surface area (Å²) < 4.78 is 18.3. The van der Waals surface area contributed by atoms with Crippen molar-refractivity contribution < 1.29 is 14.2 Å². The van der Waals surface area contributed by atoms with Crippen LogP contribution in [0.5, 0.6) is 5.75 Å². The molecular formula is C14H22FNO2. The minimum Gasteiger partial charge on any atom is -0.494 e. The molecule has 0 amide bonds. The Kier molecular flexibility index (Phi) is 5.56. The fourth-order valence-corrected chi connectivity index (χ4v) is 2.05. The Bertz CT molecular complexity index is 382. The number of hydrogen-bond acceptors (Lipinski definition) is 3. The van der Waals surface area contributed by atoms with Crippen LogP contribution in [0.25, 0.3) is 0 Å². The predicted octanol–water partition coefficient (Wildman–Crippen LogP) is 2.64. The molecule has 102 valence electrons. The van der Waals surface area contributed by atoms with Crippen molar-refractivity contribution in [3.8, 4) is 5.75 Å². The van der Waals surface area contributed by atoms with Crippen molar-refractivity contribution in [3.05, 3.63) is 29.6 Å². The molecule has 2 N–H and O–H groups in total. The Morgan fingerprint density at radius 1 is 1.33 bits per heavy atom. The smallest absolute Gasteiger partial charge is 0.165 e. The van der Waals surface area contributed by atoms with Crippen LogP contribution in [-0.2, 0) is 0 Å². The maximum absolute atomic E-state index is 13.3. The van der Waals surface area contributed by atoms with Crippen LogP contribution >= 0.6 is 0 Å². The summed E-state index contributed by atoms with van der Waals surface area (Å²) in [4.78, 5) is 0. The van der Waals surface area contributed by atoms with Gasteiger partial charge < -0.3 is 15.2 Å². The highest BCUT2D eigenvalue weighted by Gasteiger charge is 2.13. The van der Waals surface area contributed by atoms with Crippen molar-refractivity contribution in [2.24, 2.45) is 0 Å². The minimum absolute atomic E-state index is 0.0771. The molecule has 1 rings (SSSR count). The van der Waals surface area contributed by atoms with Crippen LogP contribution in [0.4, 0.5) is 4.39 Å². The molecule has 0 aliphatic rings. The summed E-state index contributed by atoms with van der Waals surface area (Å²) in [6.07, 6.45) is 0.352. The zero-order valence-electron chi connectivity index (χ0n) is 11.4. The zero-order valence-corrected chi connectivity index (χ0v) is 11.4. The lowest BCUT2D eigenvalue weighted by molar-refractivity contribution is 0.168. The lowest BCUT2D eigenvalue weighted by Gasteiger charge is -2.21. The van der Waals surface area contributed by atoms with Gasteiger partial charge in [0.2, 0.25) is 0 Å². The second-order valence-electron chi connectivity index (χ2n) is 4.77. The molecule has 1 aromatic rings. The van der Waals surface area contributed by atoms with E-state index in [9.17, 15) is 9.50 Å². The van der Waals surface area contributed by atoms with E-state index in [1.54, 1.807) is 19.1 Å². The van der Waals surface area contributed by atoms with E-state index in [0.717, 1.165) is 5.56 Å². The number of hydrogen-bond donors (Lipinski definition) is 2. The van der Waals surface area contributed by atoms with Gasteiger partial charge in [0.15, 0.2) is 11.6 Å². The van der Waals surface area contributed by atoms with E-state index < -0.39 is 0 Å². The predicted molar refractivity (Wildman–Crippen MR) is 70.3 cm³/mol. The summed E-state index contributed by atoms with van der Waals surface area (Å²) in [6, 6.07) is 5.11. The number of aliphatic hydroxyl groups excluding tert-OH is 1. The fraction of sp³-hybridized carbons (Fsp3) is 0.571. The van der Waals surface area contributed by atoms with E-state index in [0.29, 0.717) is 6.42 Å². The Morgan fingerprint density at radius 3 is 2.56 bits per heavy atom. The van der Waals surface area contributed by atoms with Gasteiger partial charge in [-0.15, -0.1) is 0 Å². The Hall–Kier alpha value is -1.13. The number of nitrogens with one attached hydrogen (secondary N) is 1. The molecular weight excluding hydrogens is 233 g/mol. The fourth-order valence-electron chi connectivity index (χ4n) is 2.05. The normalized spacial score (nSPS) is 16.1. The molecule has 0 saturated carbocycles. The second-order valence-corrected chi connectivity index (χ2v) is 4.77. The van der Waals surface area contributed by atoms with Gasteiger partial charge in [0.1, 0.15) is 0 Å². The topological polar surface area (TPSA) is 41.5 Å². The van der Waals surface area contributed by atoms with Crippen molar-refractivity contribution in [2.75, 3.05) is 7.11 Å². The SMILES string of the molecule is COc1cc(C(C)NC(C)CC(C)O)ccc1F. The van der Waals surface area contributed by atoms with Gasteiger partial charge in [-0.05, 0) is 44.9 Å². The Morgan fingerprint density at radius 2 is 2.00 bits per heavy atom. The van der Waals surface area contributed by atoms with Crippen LogP contribution in [-0.4, -0.2) is 24.4 Å². The molecule has 3 unspecified atom stereocenters. The van der Waals surface area contributed by atoms with Crippen LogP contribution in [0.2, 0.25) is 0 Å². The van der Waals surface area contributed by atoms with Crippen molar-refractivity contribution in [2.45, 2.75) is 45.4 Å². The molecule has 1 aromatic carbocycles. The number of methoxy groups -OCH3 is 1. The molecule has 0 bridgehead atoms. The standard InChI is InChI=1S/C14H22FNO2/c1-9(7-10(2)17)16-11(3)12-5-6-13(15)14(8-12)18-4/h5-6,8-11,16-17H,7H2,1-4H3. The maximum atomic E-state index is 13.3. The molecule has 3 atom stereocenters. The van der Waals surface area contributed by atoms with Gasteiger partial charge in [-0.1, -0.05) is 6.07 Å². The first-order valence-electron chi connectivity index (χ1n) is 6.21. The molecule has 3 nitrogen and oxygen atoms in total. The van der Waals surface area contributed by atoms with E-state index in [-0.39, 0.29) is 29.8 Å². The molecule has 0 heterocycles. The zero-order chi connectivity index (χ0) is 13.7. The van der Waals surface area contributed by atoms with Crippen LogP contribution in [0, 0.1) is 5.82 Å². The molecule has 0 aliphatic carbocycles. The highest BCUT2D eigenvalue weighted by atomic mass is 19.1. The van der Waals surface area contributed by atoms with Crippen LogP contribution in [0.15, 0.2) is 18.2 Å². The Labute approximate surface area is 108 Å². The van der Waals surface area contributed by atoms with Crippen LogP contribution < -0.4 is 10.1 Å². The van der Waals surface area contributed by atoms with Crippen molar-refractivity contribution >= 4 is 0 Å². The van der Waals surface area contributed by atoms with Gasteiger partial charge in [0.25, 0.3) is 0 Å². The number of benzene rings is 1. The van der Waals surface area contributed by atoms with E-state index in [2.05, 4.69) is 5.32 Å². The summed E-state index contributed by atoms with van der Waals surface area (Å²) in [5, 5.41) is 12.7. The Balaban J connectivity index is 2.69. The number of rotatable bonds is 6. The molecule has 0 saturated heterocycles. The van der Waals surface area contributed by atoms with E-state index >= 15 is 0 Å². The first-order chi connectivity index (χ1) is 8.43. The molecule has 0 aliphatic heterocycles. The van der Waals surface area contributed by atoms with Gasteiger partial charge in [0.05, 0.1) is 13.2 Å². The van der Waals surface area contributed by atoms with Crippen molar-refractivity contribution in [1.82, 2.24) is 5.32 Å². The largest absolute Gasteiger partial charge is 0.494 e. The third kappa shape index (κ3) is 4.27. The highest BCUT2D eigenvalue weighted by Crippen LogP contribution is 2.23. The number of ether oxygens (including phenoxy) is 1. The van der Waals surface area contributed by atoms with Gasteiger partial charge in [-0.2, -0.15) is 0 Å². The van der Waals surface area contributed by atoms with E-state index in [1.807, 2.05) is 13.8 Å². The molecule has 0 fully saturated rings. The third-order valence-corrected chi connectivity index (χ3v) is 2.90. The summed E-state index contributed by atoms with van der Waals surface area (Å²) in [7, 11) is 1.45.